The summed E-state index contributed by atoms with van der Waals surface area (Å²) < 4.78 is 0. The van der Waals surface area contributed by atoms with Crippen LogP contribution in [0.2, 0.25) is 0 Å². The normalized spacial score (nSPS) is 10.2. The van der Waals surface area contributed by atoms with Gasteiger partial charge in [-0.15, -0.1) is 0 Å². The quantitative estimate of drug-likeness (QED) is 0.785. The molecule has 0 radical (unpaired) electrons. The minimum absolute atomic E-state index is 0.809. The molecule has 2 rings (SSSR count). The van der Waals surface area contributed by atoms with Gasteiger partial charge in [-0.2, -0.15) is 0 Å². The predicted molar refractivity (Wildman–Crippen MR) is 74.2 cm³/mol. The van der Waals surface area contributed by atoms with Crippen LogP contribution in [0.4, 0.5) is 11.4 Å². The fourth-order valence-electron chi connectivity index (χ4n) is 1.81. The monoisotopic (exact) mass is 226 g/mol. The number of benzene rings is 2. The third kappa shape index (κ3) is 3.25. The minimum atomic E-state index is 0.809. The number of nitrogens with two attached hydrogens (primary N) is 1. The van der Waals surface area contributed by atoms with E-state index < -0.39 is 0 Å². The van der Waals surface area contributed by atoms with E-state index in [2.05, 4.69) is 42.6 Å². The average Bonchev–Trinajstić information content (AvgIpc) is 2.35. The van der Waals surface area contributed by atoms with E-state index in [0.717, 1.165) is 24.3 Å². The van der Waals surface area contributed by atoms with Gasteiger partial charge >= 0.3 is 0 Å². The molecule has 2 heteroatoms. The molecule has 2 aromatic carbocycles. The van der Waals surface area contributed by atoms with Crippen LogP contribution in [0.25, 0.3) is 0 Å². The lowest BCUT2D eigenvalue weighted by atomic mass is 10.1. The summed E-state index contributed by atoms with van der Waals surface area (Å²) in [7, 11) is 0. The molecule has 0 aliphatic rings. The van der Waals surface area contributed by atoms with Crippen LogP contribution in [-0.2, 0) is 6.42 Å². The molecule has 17 heavy (non-hydrogen) atoms. The molecule has 88 valence electrons. The number of hydrogen-bond donors (Lipinski definition) is 2. The van der Waals surface area contributed by atoms with Gasteiger partial charge in [-0.1, -0.05) is 36.4 Å². The van der Waals surface area contributed by atoms with Crippen molar-refractivity contribution in [1.82, 2.24) is 0 Å². The van der Waals surface area contributed by atoms with Gasteiger partial charge in [0.2, 0.25) is 0 Å². The molecule has 2 nitrogen and oxygen atoms in total. The molecular weight excluding hydrogens is 208 g/mol. The van der Waals surface area contributed by atoms with Crippen molar-refractivity contribution in [2.45, 2.75) is 13.3 Å². The van der Waals surface area contributed by atoms with E-state index >= 15 is 0 Å². The second kappa shape index (κ2) is 5.39. The highest BCUT2D eigenvalue weighted by atomic mass is 14.9. The topological polar surface area (TPSA) is 38.0 Å². The maximum Gasteiger partial charge on any atom is 0.0576 e. The van der Waals surface area contributed by atoms with Gasteiger partial charge in [0.1, 0.15) is 0 Å². The van der Waals surface area contributed by atoms with E-state index in [4.69, 9.17) is 5.73 Å². The summed E-state index contributed by atoms with van der Waals surface area (Å²) in [5.74, 6) is 0. The van der Waals surface area contributed by atoms with Crippen LogP contribution in [-0.4, -0.2) is 6.54 Å². The Kier molecular flexibility index (Phi) is 3.66. The van der Waals surface area contributed by atoms with Crippen LogP contribution in [0.1, 0.15) is 11.1 Å². The Bertz CT molecular complexity index is 478. The second-order valence-electron chi connectivity index (χ2n) is 4.25. The lowest BCUT2D eigenvalue weighted by Crippen LogP contribution is -2.06. The Hall–Kier alpha value is -1.96. The third-order valence-corrected chi connectivity index (χ3v) is 2.78. The molecule has 0 aromatic heterocycles. The van der Waals surface area contributed by atoms with E-state index in [9.17, 15) is 0 Å². The summed E-state index contributed by atoms with van der Waals surface area (Å²) in [4.78, 5) is 0. The van der Waals surface area contributed by atoms with E-state index in [-0.39, 0.29) is 0 Å². The van der Waals surface area contributed by atoms with Gasteiger partial charge in [0.05, 0.1) is 11.4 Å². The molecule has 0 bridgehead atoms. The molecule has 0 heterocycles. The van der Waals surface area contributed by atoms with Gasteiger partial charge in [-0.05, 0) is 36.6 Å². The van der Waals surface area contributed by atoms with Crippen molar-refractivity contribution in [2.24, 2.45) is 0 Å². The Morgan fingerprint density at radius 1 is 1.06 bits per heavy atom. The second-order valence-corrected chi connectivity index (χ2v) is 4.25. The highest BCUT2D eigenvalue weighted by molar-refractivity contribution is 5.66. The van der Waals surface area contributed by atoms with Gasteiger partial charge in [-0.3, -0.25) is 0 Å². The number of rotatable bonds is 4. The molecule has 0 amide bonds. The van der Waals surface area contributed by atoms with Gasteiger partial charge < -0.3 is 11.1 Å². The fourth-order valence-corrected chi connectivity index (χ4v) is 1.81. The third-order valence-electron chi connectivity index (χ3n) is 2.78. The first-order chi connectivity index (χ1) is 8.25. The summed E-state index contributed by atoms with van der Waals surface area (Å²) in [6, 6.07) is 16.5. The van der Waals surface area contributed by atoms with E-state index in [1.54, 1.807) is 0 Å². The molecule has 0 saturated carbocycles. The summed E-state index contributed by atoms with van der Waals surface area (Å²) in [6.45, 7) is 2.97. The average molecular weight is 226 g/mol. The number of nitrogens with one attached hydrogen (secondary N) is 1. The van der Waals surface area contributed by atoms with Crippen LogP contribution in [0.15, 0.2) is 48.5 Å². The Morgan fingerprint density at radius 2 is 1.82 bits per heavy atom. The molecule has 0 spiro atoms. The zero-order chi connectivity index (χ0) is 12.1. The van der Waals surface area contributed by atoms with E-state index in [0.29, 0.717) is 0 Å². The predicted octanol–water partition coefficient (Wildman–Crippen LogP) is 3.23. The molecule has 3 N–H and O–H groups in total. The molecule has 0 saturated heterocycles. The fraction of sp³-hybridized carbons (Fsp3) is 0.200. The molecule has 0 aliphatic heterocycles. The van der Waals surface area contributed by atoms with Gasteiger partial charge in [0.15, 0.2) is 0 Å². The zero-order valence-corrected chi connectivity index (χ0v) is 10.1. The van der Waals surface area contributed by atoms with Crippen LogP contribution >= 0.6 is 0 Å². The van der Waals surface area contributed by atoms with Crippen molar-refractivity contribution in [1.29, 1.82) is 0 Å². The van der Waals surface area contributed by atoms with Gasteiger partial charge in [0, 0.05) is 6.54 Å². The van der Waals surface area contributed by atoms with Crippen LogP contribution in [0, 0.1) is 6.92 Å². The first kappa shape index (κ1) is 11.5. The Morgan fingerprint density at radius 3 is 2.59 bits per heavy atom. The van der Waals surface area contributed by atoms with E-state index in [1.807, 2.05) is 18.2 Å². The molecule has 0 aliphatic carbocycles. The smallest absolute Gasteiger partial charge is 0.0576 e. The molecule has 0 fully saturated rings. The van der Waals surface area contributed by atoms with Crippen LogP contribution < -0.4 is 11.1 Å². The number of hydrogen-bond acceptors (Lipinski definition) is 2. The van der Waals surface area contributed by atoms with E-state index in [1.165, 1.54) is 11.1 Å². The van der Waals surface area contributed by atoms with Crippen molar-refractivity contribution < 1.29 is 0 Å². The Balaban J connectivity index is 1.92. The molecule has 0 unspecified atom stereocenters. The highest BCUT2D eigenvalue weighted by Crippen LogP contribution is 2.19. The zero-order valence-electron chi connectivity index (χ0n) is 10.1. The van der Waals surface area contributed by atoms with Gasteiger partial charge in [-0.25, -0.2) is 0 Å². The standard InChI is InChI=1S/C15H18N2/c1-12-7-8-14(16)15(11-12)17-10-9-13-5-3-2-4-6-13/h2-8,11,17H,9-10,16H2,1H3. The summed E-state index contributed by atoms with van der Waals surface area (Å²) in [5, 5.41) is 3.38. The number of nitrogen functional groups attached to an aromatic ring is 1. The maximum atomic E-state index is 5.91. The molecule has 2 aromatic rings. The van der Waals surface area contributed by atoms with Crippen molar-refractivity contribution in [3.8, 4) is 0 Å². The first-order valence-corrected chi connectivity index (χ1v) is 5.89. The van der Waals surface area contributed by atoms with Crippen LogP contribution in [0.3, 0.4) is 0 Å². The summed E-state index contributed by atoms with van der Waals surface area (Å²) in [6.07, 6.45) is 1.01. The number of aryl methyl sites for hydroxylation is 1. The first-order valence-electron chi connectivity index (χ1n) is 5.89. The lowest BCUT2D eigenvalue weighted by Gasteiger charge is -2.10. The maximum absolute atomic E-state index is 5.91. The van der Waals surface area contributed by atoms with Crippen molar-refractivity contribution in [2.75, 3.05) is 17.6 Å². The lowest BCUT2D eigenvalue weighted by molar-refractivity contribution is 1.02. The van der Waals surface area contributed by atoms with Gasteiger partial charge in [0.25, 0.3) is 0 Å². The summed E-state index contributed by atoms with van der Waals surface area (Å²) >= 11 is 0. The van der Waals surface area contributed by atoms with Crippen molar-refractivity contribution in [3.05, 3.63) is 59.7 Å². The Labute approximate surface area is 102 Å². The van der Waals surface area contributed by atoms with Crippen molar-refractivity contribution >= 4 is 11.4 Å². The molecular formula is C15H18N2. The van der Waals surface area contributed by atoms with Crippen molar-refractivity contribution in [3.63, 3.8) is 0 Å². The highest BCUT2D eigenvalue weighted by Gasteiger charge is 1.98. The molecule has 0 atom stereocenters. The number of anilines is 2. The van der Waals surface area contributed by atoms with Crippen LogP contribution in [0.5, 0.6) is 0 Å². The minimum Gasteiger partial charge on any atom is -0.397 e. The summed E-state index contributed by atoms with van der Waals surface area (Å²) in [5.41, 5.74) is 10.3. The SMILES string of the molecule is Cc1ccc(N)c(NCCc2ccccc2)c1. The largest absolute Gasteiger partial charge is 0.397 e.